The van der Waals surface area contributed by atoms with E-state index in [1.54, 1.807) is 0 Å². The first-order valence-electron chi connectivity index (χ1n) is 9.00. The Morgan fingerprint density at radius 2 is 1.71 bits per heavy atom. The molecule has 3 rings (SSSR count). The van der Waals surface area contributed by atoms with Gasteiger partial charge in [0, 0.05) is 48.7 Å². The molecule has 1 amide bonds. The zero-order valence-corrected chi connectivity index (χ0v) is 17.3. The summed E-state index contributed by atoms with van der Waals surface area (Å²) in [5.74, 6) is -0.235. The van der Waals surface area contributed by atoms with E-state index in [1.807, 2.05) is 24.4 Å². The number of hydrogen-bond donors (Lipinski definition) is 2. The molecule has 0 spiro atoms. The molecule has 0 bridgehead atoms. The van der Waals surface area contributed by atoms with Gasteiger partial charge >= 0.3 is 0 Å². The topological polar surface area (TPSA) is 82.3 Å². The molecular formula is C21H25N3O3S. The molecule has 0 saturated carbocycles. The predicted molar refractivity (Wildman–Crippen MR) is 111 cm³/mol. The van der Waals surface area contributed by atoms with Crippen molar-refractivity contribution in [1.82, 2.24) is 14.6 Å². The number of nitrogens with zero attached hydrogens (tertiary/aromatic N) is 1. The Bertz CT molecular complexity index is 1100. The Balaban J connectivity index is 1.73. The van der Waals surface area contributed by atoms with Crippen LogP contribution in [-0.4, -0.2) is 44.3 Å². The molecule has 148 valence electrons. The largest absolute Gasteiger partial charge is 0.361 e. The van der Waals surface area contributed by atoms with Gasteiger partial charge in [-0.1, -0.05) is 32.0 Å². The van der Waals surface area contributed by atoms with Crippen LogP contribution in [0, 0.1) is 0 Å². The molecule has 0 unspecified atom stereocenters. The number of fused-ring (bicyclic) bond motifs is 1. The molecule has 0 aliphatic rings. The number of carbonyl (C=O) groups excluding carboxylic acids is 1. The summed E-state index contributed by atoms with van der Waals surface area (Å²) in [5.41, 5.74) is 2.35. The zero-order valence-electron chi connectivity index (χ0n) is 16.5. The first-order chi connectivity index (χ1) is 13.1. The van der Waals surface area contributed by atoms with Gasteiger partial charge in [-0.2, -0.15) is 0 Å². The van der Waals surface area contributed by atoms with Crippen LogP contribution in [0.5, 0.6) is 0 Å². The summed E-state index contributed by atoms with van der Waals surface area (Å²) in [4.78, 5) is 16.0. The second-order valence-corrected chi connectivity index (χ2v) is 9.78. The minimum absolute atomic E-state index is 0.160. The zero-order chi connectivity index (χ0) is 20.5. The van der Waals surface area contributed by atoms with Crippen LogP contribution in [0.4, 0.5) is 0 Å². The highest BCUT2D eigenvalue weighted by Crippen LogP contribution is 2.29. The monoisotopic (exact) mass is 399 g/mol. The summed E-state index contributed by atoms with van der Waals surface area (Å²) >= 11 is 0. The summed E-state index contributed by atoms with van der Waals surface area (Å²) in [7, 11) is -0.557. The normalized spacial score (nSPS) is 12.5. The lowest BCUT2D eigenvalue weighted by atomic mass is 9.84. The van der Waals surface area contributed by atoms with Gasteiger partial charge in [-0.15, -0.1) is 0 Å². The lowest BCUT2D eigenvalue weighted by molar-refractivity contribution is 0.0945. The van der Waals surface area contributed by atoms with Crippen LogP contribution in [0.2, 0.25) is 0 Å². The molecule has 28 heavy (non-hydrogen) atoms. The van der Waals surface area contributed by atoms with E-state index in [0.29, 0.717) is 12.1 Å². The summed E-state index contributed by atoms with van der Waals surface area (Å²) in [5, 5.41) is 4.10. The number of nitrogens with one attached hydrogen (secondary N) is 2. The van der Waals surface area contributed by atoms with Gasteiger partial charge in [0.05, 0.1) is 4.90 Å². The third-order valence-electron chi connectivity index (χ3n) is 4.90. The van der Waals surface area contributed by atoms with E-state index in [-0.39, 0.29) is 16.2 Å². The minimum atomic E-state index is -3.51. The van der Waals surface area contributed by atoms with E-state index in [1.165, 1.54) is 38.4 Å². The molecule has 0 radical (unpaired) electrons. The lowest BCUT2D eigenvalue weighted by Crippen LogP contribution is -2.36. The van der Waals surface area contributed by atoms with Crippen LogP contribution in [0.3, 0.4) is 0 Å². The van der Waals surface area contributed by atoms with E-state index in [2.05, 4.69) is 30.2 Å². The number of benzene rings is 2. The second kappa shape index (κ2) is 7.41. The fourth-order valence-corrected chi connectivity index (χ4v) is 4.02. The van der Waals surface area contributed by atoms with Crippen molar-refractivity contribution in [3.8, 4) is 0 Å². The summed E-state index contributed by atoms with van der Waals surface area (Å²) in [6.07, 6.45) is 1.98. The Kier molecular flexibility index (Phi) is 5.32. The second-order valence-electron chi connectivity index (χ2n) is 7.63. The smallest absolute Gasteiger partial charge is 0.251 e. The molecule has 7 heteroatoms. The van der Waals surface area contributed by atoms with Gasteiger partial charge in [-0.3, -0.25) is 4.79 Å². The third kappa shape index (κ3) is 3.81. The Labute approximate surface area is 165 Å². The highest BCUT2D eigenvalue weighted by Gasteiger charge is 2.25. The van der Waals surface area contributed by atoms with E-state index < -0.39 is 10.0 Å². The number of rotatable bonds is 6. The number of carbonyl (C=O) groups is 1. The van der Waals surface area contributed by atoms with Gasteiger partial charge in [-0.25, -0.2) is 12.7 Å². The standard InChI is InChI=1S/C21H25N3O3S/c1-21(2,18-13-22-19-8-6-5-7-17(18)19)14-23-20(25)15-9-11-16(12-10-15)28(26,27)24(3)4/h5-13,22H,14H2,1-4H3,(H,23,25). The molecule has 0 saturated heterocycles. The first kappa shape index (κ1) is 20.1. The van der Waals surface area contributed by atoms with Crippen LogP contribution in [0.1, 0.15) is 29.8 Å². The lowest BCUT2D eigenvalue weighted by Gasteiger charge is -2.25. The van der Waals surface area contributed by atoms with Gasteiger partial charge in [0.1, 0.15) is 0 Å². The molecule has 0 aliphatic heterocycles. The van der Waals surface area contributed by atoms with E-state index in [9.17, 15) is 13.2 Å². The maximum atomic E-state index is 12.5. The Morgan fingerprint density at radius 1 is 1.07 bits per heavy atom. The predicted octanol–water partition coefficient (Wildman–Crippen LogP) is 3.13. The van der Waals surface area contributed by atoms with Crippen LogP contribution in [-0.2, 0) is 15.4 Å². The van der Waals surface area contributed by atoms with Crippen molar-refractivity contribution in [3.63, 3.8) is 0 Å². The van der Waals surface area contributed by atoms with Crippen LogP contribution in [0.15, 0.2) is 59.6 Å². The Hall–Kier alpha value is -2.64. The third-order valence-corrected chi connectivity index (χ3v) is 6.73. The fraction of sp³-hybridized carbons (Fsp3) is 0.286. The number of aromatic nitrogens is 1. The molecule has 3 aromatic rings. The molecular weight excluding hydrogens is 374 g/mol. The van der Waals surface area contributed by atoms with Gasteiger partial charge < -0.3 is 10.3 Å². The van der Waals surface area contributed by atoms with Crippen LogP contribution < -0.4 is 5.32 Å². The maximum Gasteiger partial charge on any atom is 0.251 e. The number of hydrogen-bond acceptors (Lipinski definition) is 3. The van der Waals surface area contributed by atoms with Crippen molar-refractivity contribution in [2.24, 2.45) is 0 Å². The van der Waals surface area contributed by atoms with E-state index >= 15 is 0 Å². The Morgan fingerprint density at radius 3 is 2.36 bits per heavy atom. The first-order valence-corrected chi connectivity index (χ1v) is 10.4. The van der Waals surface area contributed by atoms with Crippen molar-refractivity contribution in [2.75, 3.05) is 20.6 Å². The summed E-state index contributed by atoms with van der Waals surface area (Å²) in [6.45, 7) is 4.61. The van der Waals surface area contributed by atoms with Crippen LogP contribution in [0.25, 0.3) is 10.9 Å². The van der Waals surface area contributed by atoms with Gasteiger partial charge in [0.15, 0.2) is 0 Å². The van der Waals surface area contributed by atoms with Crippen LogP contribution >= 0.6 is 0 Å². The number of H-pyrrole nitrogens is 1. The number of aromatic amines is 1. The molecule has 2 aromatic carbocycles. The number of sulfonamides is 1. The average molecular weight is 400 g/mol. The van der Waals surface area contributed by atoms with Gasteiger partial charge in [-0.05, 0) is 35.9 Å². The molecule has 1 heterocycles. The SMILES string of the molecule is CN(C)S(=O)(=O)c1ccc(C(=O)NCC(C)(C)c2c[nH]c3ccccc23)cc1. The van der Waals surface area contributed by atoms with Crippen molar-refractivity contribution < 1.29 is 13.2 Å². The quantitative estimate of drug-likeness (QED) is 0.668. The molecule has 0 aliphatic carbocycles. The van der Waals surface area contributed by atoms with Crippen molar-refractivity contribution in [3.05, 3.63) is 65.9 Å². The maximum absolute atomic E-state index is 12.5. The highest BCUT2D eigenvalue weighted by atomic mass is 32.2. The van der Waals surface area contributed by atoms with Gasteiger partial charge in [0.25, 0.3) is 5.91 Å². The average Bonchev–Trinajstić information content (AvgIpc) is 3.11. The summed E-state index contributed by atoms with van der Waals surface area (Å²) < 4.78 is 25.4. The van der Waals surface area contributed by atoms with E-state index in [0.717, 1.165) is 20.8 Å². The molecule has 0 fully saturated rings. The molecule has 2 N–H and O–H groups in total. The number of amides is 1. The van der Waals surface area contributed by atoms with Crippen molar-refractivity contribution in [2.45, 2.75) is 24.2 Å². The minimum Gasteiger partial charge on any atom is -0.361 e. The molecule has 1 aromatic heterocycles. The number of para-hydroxylation sites is 1. The van der Waals surface area contributed by atoms with Crippen molar-refractivity contribution >= 4 is 26.8 Å². The molecule has 0 atom stereocenters. The fourth-order valence-electron chi connectivity index (χ4n) is 3.12. The molecule has 6 nitrogen and oxygen atoms in total. The van der Waals surface area contributed by atoms with Crippen molar-refractivity contribution in [1.29, 1.82) is 0 Å². The summed E-state index contributed by atoms with van der Waals surface area (Å²) in [6, 6.07) is 14.0. The van der Waals surface area contributed by atoms with Gasteiger partial charge in [0.2, 0.25) is 10.0 Å². The van der Waals surface area contributed by atoms with E-state index in [4.69, 9.17) is 0 Å². The highest BCUT2D eigenvalue weighted by molar-refractivity contribution is 7.89.